The summed E-state index contributed by atoms with van der Waals surface area (Å²) in [7, 11) is 0. The lowest BCUT2D eigenvalue weighted by molar-refractivity contribution is 0.872. The molecule has 1 aromatic rings. The van der Waals surface area contributed by atoms with Crippen LogP contribution in [0.2, 0.25) is 0 Å². The molecule has 0 saturated carbocycles. The maximum absolute atomic E-state index is 4.30. The number of aryl methyl sites for hydroxylation is 2. The second-order valence-electron chi connectivity index (χ2n) is 3.66. The smallest absolute Gasteiger partial charge is 0.210 e. The van der Waals surface area contributed by atoms with E-state index in [4.69, 9.17) is 0 Å². The molecule has 1 aliphatic heterocycles. The number of aliphatic imine (C=N–C) groups is 1. The van der Waals surface area contributed by atoms with Gasteiger partial charge in [0.05, 0.1) is 6.54 Å². The Kier molecular flexibility index (Phi) is 2.19. The Labute approximate surface area is 84.0 Å². The summed E-state index contributed by atoms with van der Waals surface area (Å²) in [6.07, 6.45) is 0. The van der Waals surface area contributed by atoms with E-state index in [2.05, 4.69) is 47.2 Å². The Balaban J connectivity index is 2.23. The number of aromatic nitrogens is 1. The van der Waals surface area contributed by atoms with Crippen LogP contribution in [0.15, 0.2) is 11.1 Å². The molecule has 0 unspecified atom stereocenters. The first-order valence-corrected chi connectivity index (χ1v) is 4.89. The van der Waals surface area contributed by atoms with E-state index < -0.39 is 0 Å². The zero-order valence-electron chi connectivity index (χ0n) is 8.89. The third-order valence-electron chi connectivity index (χ3n) is 2.58. The van der Waals surface area contributed by atoms with Crippen molar-refractivity contribution in [1.29, 1.82) is 0 Å². The highest BCUT2D eigenvalue weighted by molar-refractivity contribution is 5.88. The van der Waals surface area contributed by atoms with E-state index in [0.29, 0.717) is 0 Å². The molecule has 4 heteroatoms. The van der Waals surface area contributed by atoms with Gasteiger partial charge in [-0.15, -0.1) is 0 Å². The summed E-state index contributed by atoms with van der Waals surface area (Å²) in [5.41, 5.74) is 6.99. The Bertz CT molecular complexity index is 376. The Morgan fingerprint density at radius 1 is 1.43 bits per heavy atom. The van der Waals surface area contributed by atoms with Gasteiger partial charge in [-0.2, -0.15) is 0 Å². The number of rotatable bonds is 1. The molecule has 0 amide bonds. The van der Waals surface area contributed by atoms with Crippen molar-refractivity contribution in [2.24, 2.45) is 4.99 Å². The first kappa shape index (κ1) is 9.12. The first-order chi connectivity index (χ1) is 6.68. The molecule has 2 heterocycles. The second kappa shape index (κ2) is 3.36. The topological polar surface area (TPSA) is 41.4 Å². The van der Waals surface area contributed by atoms with Gasteiger partial charge in [0.1, 0.15) is 0 Å². The molecule has 1 aliphatic rings. The third kappa shape index (κ3) is 1.47. The summed E-state index contributed by atoms with van der Waals surface area (Å²) in [4.78, 5) is 4.30. The van der Waals surface area contributed by atoms with Gasteiger partial charge in [0.2, 0.25) is 5.96 Å². The molecule has 0 atom stereocenters. The Morgan fingerprint density at radius 3 is 2.71 bits per heavy atom. The van der Waals surface area contributed by atoms with Crippen LogP contribution >= 0.6 is 0 Å². The highest BCUT2D eigenvalue weighted by Gasteiger charge is 2.09. The van der Waals surface area contributed by atoms with E-state index in [-0.39, 0.29) is 0 Å². The van der Waals surface area contributed by atoms with Gasteiger partial charge in [0.25, 0.3) is 0 Å². The van der Waals surface area contributed by atoms with Gasteiger partial charge in [-0.1, -0.05) is 0 Å². The van der Waals surface area contributed by atoms with Crippen molar-refractivity contribution in [2.45, 2.75) is 20.8 Å². The van der Waals surface area contributed by atoms with Crippen LogP contribution in [0.3, 0.4) is 0 Å². The molecule has 0 aliphatic carbocycles. The average molecular weight is 192 g/mol. The number of nitrogens with one attached hydrogen (secondary N) is 2. The minimum atomic E-state index is 0.862. The van der Waals surface area contributed by atoms with E-state index in [1.807, 2.05) is 0 Å². The van der Waals surface area contributed by atoms with Gasteiger partial charge in [-0.25, -0.2) is 0 Å². The lowest BCUT2D eigenvalue weighted by atomic mass is 10.3. The van der Waals surface area contributed by atoms with Crippen molar-refractivity contribution >= 4 is 5.96 Å². The van der Waals surface area contributed by atoms with Crippen molar-refractivity contribution < 1.29 is 0 Å². The SMILES string of the molecule is Cc1cc(C)n(NC2=NCCN2)c1C. The number of hydrogen-bond donors (Lipinski definition) is 2. The van der Waals surface area contributed by atoms with Crippen LogP contribution in [0.5, 0.6) is 0 Å². The number of guanidine groups is 1. The molecule has 14 heavy (non-hydrogen) atoms. The van der Waals surface area contributed by atoms with Crippen molar-refractivity contribution in [3.63, 3.8) is 0 Å². The van der Waals surface area contributed by atoms with E-state index in [0.717, 1.165) is 19.0 Å². The van der Waals surface area contributed by atoms with E-state index in [9.17, 15) is 0 Å². The van der Waals surface area contributed by atoms with E-state index in [1.165, 1.54) is 17.0 Å². The van der Waals surface area contributed by atoms with Gasteiger partial charge in [0.15, 0.2) is 0 Å². The Morgan fingerprint density at radius 2 is 2.21 bits per heavy atom. The van der Waals surface area contributed by atoms with Gasteiger partial charge in [0, 0.05) is 17.9 Å². The zero-order chi connectivity index (χ0) is 10.1. The molecule has 0 radical (unpaired) electrons. The van der Waals surface area contributed by atoms with Crippen LogP contribution in [0.1, 0.15) is 17.0 Å². The molecule has 2 rings (SSSR count). The predicted molar refractivity (Wildman–Crippen MR) is 58.3 cm³/mol. The van der Waals surface area contributed by atoms with Crippen molar-refractivity contribution in [2.75, 3.05) is 18.5 Å². The van der Waals surface area contributed by atoms with Crippen molar-refractivity contribution in [3.05, 3.63) is 23.0 Å². The molecule has 0 spiro atoms. The quantitative estimate of drug-likeness (QED) is 0.694. The monoisotopic (exact) mass is 192 g/mol. The fraction of sp³-hybridized carbons (Fsp3) is 0.500. The van der Waals surface area contributed by atoms with E-state index >= 15 is 0 Å². The summed E-state index contributed by atoms with van der Waals surface area (Å²) < 4.78 is 2.06. The molecular weight excluding hydrogens is 176 g/mol. The molecule has 0 saturated heterocycles. The van der Waals surface area contributed by atoms with Gasteiger partial charge < -0.3 is 5.32 Å². The fourth-order valence-electron chi connectivity index (χ4n) is 1.67. The van der Waals surface area contributed by atoms with Crippen molar-refractivity contribution in [1.82, 2.24) is 9.99 Å². The van der Waals surface area contributed by atoms with Crippen LogP contribution in [-0.4, -0.2) is 23.7 Å². The predicted octanol–water partition coefficient (Wildman–Crippen LogP) is 0.916. The maximum atomic E-state index is 4.30. The summed E-state index contributed by atoms with van der Waals surface area (Å²) in [6, 6.07) is 2.16. The van der Waals surface area contributed by atoms with Gasteiger partial charge >= 0.3 is 0 Å². The highest BCUT2D eigenvalue weighted by Crippen LogP contribution is 2.11. The van der Waals surface area contributed by atoms with Gasteiger partial charge in [-0.05, 0) is 32.4 Å². The highest BCUT2D eigenvalue weighted by atomic mass is 15.5. The lowest BCUT2D eigenvalue weighted by Gasteiger charge is -2.12. The lowest BCUT2D eigenvalue weighted by Crippen LogP contribution is -2.33. The average Bonchev–Trinajstić information content (AvgIpc) is 2.71. The molecular formula is C10H16N4. The van der Waals surface area contributed by atoms with Crippen LogP contribution < -0.4 is 10.7 Å². The molecule has 76 valence electrons. The summed E-state index contributed by atoms with van der Waals surface area (Å²) in [6.45, 7) is 8.10. The third-order valence-corrected chi connectivity index (χ3v) is 2.58. The molecule has 4 nitrogen and oxygen atoms in total. The van der Waals surface area contributed by atoms with Crippen molar-refractivity contribution in [3.8, 4) is 0 Å². The summed E-state index contributed by atoms with van der Waals surface area (Å²) in [5.74, 6) is 0.867. The van der Waals surface area contributed by atoms with Crippen LogP contribution in [0, 0.1) is 20.8 Å². The number of hydrogen-bond acceptors (Lipinski definition) is 3. The van der Waals surface area contributed by atoms with Gasteiger partial charge in [-0.3, -0.25) is 15.1 Å². The van der Waals surface area contributed by atoms with Crippen LogP contribution in [0.25, 0.3) is 0 Å². The summed E-state index contributed by atoms with van der Waals surface area (Å²) >= 11 is 0. The fourth-order valence-corrected chi connectivity index (χ4v) is 1.67. The zero-order valence-corrected chi connectivity index (χ0v) is 8.89. The first-order valence-electron chi connectivity index (χ1n) is 4.89. The molecule has 2 N–H and O–H groups in total. The normalized spacial score (nSPS) is 15.2. The molecule has 0 bridgehead atoms. The van der Waals surface area contributed by atoms with E-state index in [1.54, 1.807) is 0 Å². The second-order valence-corrected chi connectivity index (χ2v) is 3.66. The van der Waals surface area contributed by atoms with Crippen LogP contribution in [-0.2, 0) is 0 Å². The maximum Gasteiger partial charge on any atom is 0.210 e. The number of nitrogens with zero attached hydrogens (tertiary/aromatic N) is 2. The molecule has 1 aromatic heterocycles. The molecule has 0 fully saturated rings. The largest absolute Gasteiger partial charge is 0.353 e. The standard InChI is InChI=1S/C10H16N4/c1-7-6-8(2)14(9(7)3)13-10-11-4-5-12-10/h6H,4-5H2,1-3H3,(H2,11,12,13). The minimum absolute atomic E-state index is 0.862. The minimum Gasteiger partial charge on any atom is -0.353 e. The molecule has 0 aromatic carbocycles. The summed E-state index contributed by atoms with van der Waals surface area (Å²) in [5, 5.41) is 3.19. The van der Waals surface area contributed by atoms with Crippen LogP contribution in [0.4, 0.5) is 0 Å². The Hall–Kier alpha value is -1.45.